The minimum Gasteiger partial charge on any atom is -0.349 e. The maximum Gasteiger partial charge on any atom is 0.243 e. The topological polar surface area (TPSA) is 81.5 Å². The molecule has 6 nitrogen and oxygen atoms in total. The first-order valence-electron chi connectivity index (χ1n) is 10.0. The van der Waals surface area contributed by atoms with Crippen molar-refractivity contribution in [3.8, 4) is 6.07 Å². The van der Waals surface area contributed by atoms with Crippen LogP contribution in [0.2, 0.25) is 0 Å². The third kappa shape index (κ3) is 4.39. The van der Waals surface area contributed by atoms with E-state index in [1.165, 1.54) is 35.7 Å². The number of rotatable bonds is 4. The molecule has 2 fully saturated rings. The van der Waals surface area contributed by atoms with Crippen molar-refractivity contribution in [3.63, 3.8) is 0 Å². The highest BCUT2D eigenvalue weighted by atomic mass is 32.2. The van der Waals surface area contributed by atoms with Crippen LogP contribution in [-0.4, -0.2) is 50.7 Å². The lowest BCUT2D eigenvalue weighted by molar-refractivity contribution is -0.135. The van der Waals surface area contributed by atoms with E-state index in [2.05, 4.69) is 0 Å². The third-order valence-electron chi connectivity index (χ3n) is 6.16. The molecule has 3 rings (SSSR count). The third-order valence-corrected chi connectivity index (χ3v) is 7.98. The summed E-state index contributed by atoms with van der Waals surface area (Å²) in [5.41, 5.74) is 0.322. The van der Waals surface area contributed by atoms with E-state index in [1.807, 2.05) is 6.07 Å². The summed E-state index contributed by atoms with van der Waals surface area (Å²) >= 11 is 0. The number of nitriles is 1. The van der Waals surface area contributed by atoms with Gasteiger partial charge in [-0.3, -0.25) is 4.79 Å². The van der Waals surface area contributed by atoms with Gasteiger partial charge in [0.05, 0.1) is 22.4 Å². The Morgan fingerprint density at radius 2 is 1.86 bits per heavy atom. The van der Waals surface area contributed by atoms with Crippen LogP contribution in [0.25, 0.3) is 0 Å². The van der Waals surface area contributed by atoms with Crippen LogP contribution in [0.1, 0.15) is 44.1 Å². The molecule has 0 spiro atoms. The Hall–Kier alpha value is -1.91. The van der Waals surface area contributed by atoms with E-state index in [9.17, 15) is 13.2 Å². The Bertz CT molecular complexity index is 854. The van der Waals surface area contributed by atoms with Crippen LogP contribution in [0.15, 0.2) is 29.2 Å². The largest absolute Gasteiger partial charge is 0.349 e. The minimum atomic E-state index is -3.75. The summed E-state index contributed by atoms with van der Waals surface area (Å²) in [7, 11) is -0.299. The zero-order valence-electron chi connectivity index (χ0n) is 16.7. The van der Waals surface area contributed by atoms with Crippen LogP contribution in [0, 0.1) is 29.1 Å². The number of piperidine rings is 1. The molecule has 2 atom stereocenters. The van der Waals surface area contributed by atoms with Crippen LogP contribution >= 0.6 is 0 Å². The zero-order valence-corrected chi connectivity index (χ0v) is 17.5. The van der Waals surface area contributed by atoms with Gasteiger partial charge in [0.1, 0.15) is 0 Å². The molecule has 1 amide bonds. The van der Waals surface area contributed by atoms with Crippen molar-refractivity contribution >= 4 is 15.9 Å². The Morgan fingerprint density at radius 1 is 1.14 bits per heavy atom. The van der Waals surface area contributed by atoms with E-state index < -0.39 is 10.0 Å². The van der Waals surface area contributed by atoms with Crippen LogP contribution in [0.4, 0.5) is 0 Å². The Morgan fingerprint density at radius 3 is 2.50 bits per heavy atom. The van der Waals surface area contributed by atoms with E-state index in [0.717, 1.165) is 19.3 Å². The molecule has 1 aromatic rings. The first kappa shape index (κ1) is 20.8. The number of benzene rings is 1. The normalized spacial score (nSPS) is 24.5. The van der Waals surface area contributed by atoms with Gasteiger partial charge in [0.15, 0.2) is 0 Å². The second kappa shape index (κ2) is 8.62. The Labute approximate surface area is 168 Å². The van der Waals surface area contributed by atoms with Gasteiger partial charge in [-0.2, -0.15) is 9.57 Å². The predicted octanol–water partition coefficient (Wildman–Crippen LogP) is 2.85. The smallest absolute Gasteiger partial charge is 0.243 e. The molecule has 2 aliphatic rings. The Kier molecular flexibility index (Phi) is 6.41. The average Bonchev–Trinajstić information content (AvgIpc) is 2.73. The molecule has 7 heteroatoms. The van der Waals surface area contributed by atoms with Crippen LogP contribution < -0.4 is 0 Å². The van der Waals surface area contributed by atoms with E-state index in [4.69, 9.17) is 5.26 Å². The summed E-state index contributed by atoms with van der Waals surface area (Å²) in [5.74, 6) is 0.364. The van der Waals surface area contributed by atoms with E-state index in [-0.39, 0.29) is 29.2 Å². The SMILES string of the molecule is CN(C)C(=O)[C@H]1C[C@@H](C2CCCCC2)CN(S(=O)(=O)c2cccc(C#N)c2)C1. The van der Waals surface area contributed by atoms with Crippen molar-refractivity contribution in [1.82, 2.24) is 9.21 Å². The lowest BCUT2D eigenvalue weighted by Gasteiger charge is -2.41. The number of amides is 1. The van der Waals surface area contributed by atoms with Crippen molar-refractivity contribution in [2.24, 2.45) is 17.8 Å². The van der Waals surface area contributed by atoms with Gasteiger partial charge >= 0.3 is 0 Å². The maximum absolute atomic E-state index is 13.3. The number of hydrogen-bond donors (Lipinski definition) is 0. The maximum atomic E-state index is 13.3. The molecular formula is C21H29N3O3S. The summed E-state index contributed by atoms with van der Waals surface area (Å²) in [6, 6.07) is 8.14. The molecule has 28 heavy (non-hydrogen) atoms. The standard InChI is InChI=1S/C21H29N3O3S/c1-23(2)21(25)19-12-18(17-8-4-3-5-9-17)14-24(15-19)28(26,27)20-10-6-7-16(11-20)13-22/h6-7,10-11,17-19H,3-5,8-9,12,14-15H2,1-2H3/t18-,19+/m1/s1. The molecule has 0 bridgehead atoms. The molecule has 0 aromatic heterocycles. The Balaban J connectivity index is 1.90. The quantitative estimate of drug-likeness (QED) is 0.774. The summed E-state index contributed by atoms with van der Waals surface area (Å²) in [6.45, 7) is 0.667. The highest BCUT2D eigenvalue weighted by Crippen LogP contribution is 2.38. The van der Waals surface area contributed by atoms with Gasteiger partial charge in [-0.1, -0.05) is 38.2 Å². The molecule has 1 saturated carbocycles. The van der Waals surface area contributed by atoms with Crippen molar-refractivity contribution in [3.05, 3.63) is 29.8 Å². The van der Waals surface area contributed by atoms with Gasteiger partial charge in [0.25, 0.3) is 0 Å². The van der Waals surface area contributed by atoms with E-state index >= 15 is 0 Å². The highest BCUT2D eigenvalue weighted by molar-refractivity contribution is 7.89. The molecule has 1 aliphatic carbocycles. The summed E-state index contributed by atoms with van der Waals surface area (Å²) in [4.78, 5) is 14.4. The summed E-state index contributed by atoms with van der Waals surface area (Å²) < 4.78 is 28.1. The predicted molar refractivity (Wildman–Crippen MR) is 107 cm³/mol. The first-order chi connectivity index (χ1) is 13.3. The van der Waals surface area contributed by atoms with E-state index in [1.54, 1.807) is 31.1 Å². The second-order valence-corrected chi connectivity index (χ2v) is 10.2. The summed E-state index contributed by atoms with van der Waals surface area (Å²) in [6.07, 6.45) is 6.60. The van der Waals surface area contributed by atoms with Gasteiger partial charge in [0, 0.05) is 27.2 Å². The number of hydrogen-bond acceptors (Lipinski definition) is 4. The molecule has 0 unspecified atom stereocenters. The van der Waals surface area contributed by atoms with Gasteiger partial charge in [0.2, 0.25) is 15.9 Å². The zero-order chi connectivity index (χ0) is 20.3. The monoisotopic (exact) mass is 403 g/mol. The molecule has 1 saturated heterocycles. The van der Waals surface area contributed by atoms with Gasteiger partial charge < -0.3 is 4.90 Å². The first-order valence-corrected chi connectivity index (χ1v) is 11.5. The fraction of sp³-hybridized carbons (Fsp3) is 0.619. The number of carbonyl (C=O) groups excluding carboxylic acids is 1. The minimum absolute atomic E-state index is 0.00788. The van der Waals surface area contributed by atoms with Gasteiger partial charge in [-0.05, 0) is 36.5 Å². The molecule has 1 heterocycles. The molecule has 0 radical (unpaired) electrons. The lowest BCUT2D eigenvalue weighted by atomic mass is 9.74. The van der Waals surface area contributed by atoms with Crippen LogP contribution in [0.5, 0.6) is 0 Å². The van der Waals surface area contributed by atoms with Crippen molar-refractivity contribution in [1.29, 1.82) is 5.26 Å². The highest BCUT2D eigenvalue weighted by Gasteiger charge is 2.40. The van der Waals surface area contributed by atoms with Crippen molar-refractivity contribution < 1.29 is 13.2 Å². The van der Waals surface area contributed by atoms with Gasteiger partial charge in [-0.25, -0.2) is 8.42 Å². The second-order valence-electron chi connectivity index (χ2n) is 8.29. The molecule has 1 aliphatic heterocycles. The number of carbonyl (C=O) groups is 1. The number of sulfonamides is 1. The molecule has 1 aromatic carbocycles. The molecular weight excluding hydrogens is 374 g/mol. The summed E-state index contributed by atoms with van der Waals surface area (Å²) in [5, 5.41) is 9.12. The van der Waals surface area contributed by atoms with Crippen LogP contribution in [0.3, 0.4) is 0 Å². The fourth-order valence-corrected chi connectivity index (χ4v) is 6.25. The van der Waals surface area contributed by atoms with Crippen LogP contribution in [-0.2, 0) is 14.8 Å². The van der Waals surface area contributed by atoms with Gasteiger partial charge in [-0.15, -0.1) is 0 Å². The van der Waals surface area contributed by atoms with Crippen molar-refractivity contribution in [2.75, 3.05) is 27.2 Å². The lowest BCUT2D eigenvalue weighted by Crippen LogP contribution is -2.50. The fourth-order valence-electron chi connectivity index (χ4n) is 4.66. The average molecular weight is 404 g/mol. The number of nitrogens with zero attached hydrogens (tertiary/aromatic N) is 3. The molecule has 0 N–H and O–H groups in total. The van der Waals surface area contributed by atoms with Crippen molar-refractivity contribution in [2.45, 2.75) is 43.4 Å². The molecule has 152 valence electrons. The van der Waals surface area contributed by atoms with E-state index in [0.29, 0.717) is 18.0 Å².